The molecule has 144 heavy (non-hydrogen) atoms. The molecular formula is C92H130N24O26S2. The molecule has 0 aliphatic carbocycles. The quantitative estimate of drug-likeness (QED) is 0.00775. The molecule has 15 amide bonds. The summed E-state index contributed by atoms with van der Waals surface area (Å²) in [6, 6.07) is 7.47. The van der Waals surface area contributed by atoms with E-state index < -0.39 is 273 Å². The highest BCUT2D eigenvalue weighted by Gasteiger charge is 2.41. The lowest BCUT2D eigenvalue weighted by atomic mass is 10.00. The number of aromatic nitrogens is 1. The van der Waals surface area contributed by atoms with Crippen molar-refractivity contribution in [1.29, 1.82) is 5.41 Å². The summed E-state index contributed by atoms with van der Waals surface area (Å²) >= 11 is 0. The largest absolute Gasteiger partial charge is 0.480 e. The number of aromatic amines is 1. The van der Waals surface area contributed by atoms with Crippen molar-refractivity contribution in [3.8, 4) is 0 Å². The first-order valence-corrected chi connectivity index (χ1v) is 49.0. The third-order valence-corrected chi connectivity index (χ3v) is 25.5. The van der Waals surface area contributed by atoms with Crippen LogP contribution in [0, 0.1) is 5.41 Å². The average molecular weight is 2050 g/mol. The number of rotatable bonds is 35. The number of hydrogen-bond acceptors (Lipinski definition) is 30. The summed E-state index contributed by atoms with van der Waals surface area (Å²) in [6.45, 7) is -0.254. The van der Waals surface area contributed by atoms with Gasteiger partial charge in [0.1, 0.15) is 78.5 Å². The zero-order valence-electron chi connectivity index (χ0n) is 79.7. The number of hydrogen-bond donors (Lipinski definition) is 27. The monoisotopic (exact) mass is 2050 g/mol. The van der Waals surface area contributed by atoms with Crippen molar-refractivity contribution in [1.82, 2.24) is 104 Å². The molecule has 2 aliphatic rings. The van der Waals surface area contributed by atoms with Gasteiger partial charge in [0.25, 0.3) is 0 Å². The van der Waals surface area contributed by atoms with Crippen LogP contribution in [0.25, 0.3) is 10.9 Å². The van der Waals surface area contributed by atoms with Gasteiger partial charge >= 0.3 is 23.9 Å². The number of unbranched alkanes of at least 4 members (excludes halogenated alkanes) is 1. The van der Waals surface area contributed by atoms with Crippen LogP contribution in [0.4, 0.5) is 0 Å². The maximum absolute atomic E-state index is 15.5. The number of carbonyl (C=O) groups is 19. The van der Waals surface area contributed by atoms with Gasteiger partial charge < -0.3 is 138 Å². The zero-order valence-corrected chi connectivity index (χ0v) is 81.4. The van der Waals surface area contributed by atoms with Gasteiger partial charge in [0.15, 0.2) is 5.96 Å². The van der Waals surface area contributed by atoms with E-state index in [1.165, 1.54) is 21.6 Å². The number of aliphatic hydroxyl groups is 3. The Labute approximate surface area is 836 Å². The van der Waals surface area contributed by atoms with Crippen LogP contribution in [0.15, 0.2) is 121 Å². The van der Waals surface area contributed by atoms with Crippen LogP contribution in [0.2, 0.25) is 0 Å². The van der Waals surface area contributed by atoms with E-state index in [-0.39, 0.29) is 117 Å². The van der Waals surface area contributed by atoms with E-state index in [1.807, 2.05) is 0 Å². The lowest BCUT2D eigenvalue weighted by Crippen LogP contribution is -2.63. The summed E-state index contributed by atoms with van der Waals surface area (Å²) in [5.41, 5.74) is 19.6. The molecule has 7 rings (SSSR count). The topological polar surface area (TPSA) is 777 Å². The molecule has 52 heteroatoms. The summed E-state index contributed by atoms with van der Waals surface area (Å²) in [7, 11) is 1.30. The van der Waals surface area contributed by atoms with Crippen molar-refractivity contribution in [3.63, 3.8) is 0 Å². The fourth-order valence-corrected chi connectivity index (χ4v) is 17.6. The van der Waals surface area contributed by atoms with Gasteiger partial charge in [0.2, 0.25) is 88.6 Å². The first-order valence-electron chi connectivity index (χ1n) is 46.5. The molecule has 2 aliphatic heterocycles. The predicted octanol–water partition coefficient (Wildman–Crippen LogP) is -8.15. The number of amides is 15. The fourth-order valence-electron chi connectivity index (χ4n) is 15.3. The second kappa shape index (κ2) is 60.4. The Hall–Kier alpha value is -14.0. The Kier molecular flexibility index (Phi) is 49.1. The Morgan fingerprint density at radius 2 is 0.819 bits per heavy atom. The molecule has 0 bridgehead atoms. The van der Waals surface area contributed by atoms with Crippen LogP contribution in [0.1, 0.15) is 81.5 Å². The molecule has 15 atom stereocenters. The van der Waals surface area contributed by atoms with Crippen LogP contribution in [0.3, 0.4) is 0 Å². The molecule has 0 unspecified atom stereocenters. The van der Waals surface area contributed by atoms with Gasteiger partial charge in [-0.3, -0.25) is 111 Å². The predicted molar refractivity (Wildman–Crippen MR) is 524 cm³/mol. The van der Waals surface area contributed by atoms with Crippen molar-refractivity contribution in [2.75, 3.05) is 116 Å². The molecule has 3 heterocycles. The fraction of sp³-hybridized carbons (Fsp3) is 0.500. The smallest absolute Gasteiger partial charge is 0.327 e. The Morgan fingerprint density at radius 3 is 1.26 bits per heavy atom. The van der Waals surface area contributed by atoms with E-state index in [2.05, 4.69) is 84.7 Å². The lowest BCUT2D eigenvalue weighted by molar-refractivity contribution is -0.142. The Balaban J connectivity index is 1.27. The van der Waals surface area contributed by atoms with Crippen LogP contribution >= 0.6 is 21.6 Å². The molecule has 0 radical (unpaired) electrons. The third-order valence-electron chi connectivity index (χ3n) is 23.0. The number of primary amides is 1. The molecule has 50 nitrogen and oxygen atoms in total. The number of carbonyl (C=O) groups excluding carboxylic acids is 15. The van der Waals surface area contributed by atoms with E-state index >= 15 is 28.8 Å². The highest BCUT2D eigenvalue weighted by Crippen LogP contribution is 2.25. The van der Waals surface area contributed by atoms with Crippen molar-refractivity contribution in [2.24, 2.45) is 17.2 Å². The SMILES string of the molecule is C[C@H](NC(=O)CN1CCN(CC(=O)O)CCN(CC(=O)O)CCN(CC(=O)O)CC1)C(=O)NCC(=O)N[C@H]1CSSC[C@H](C(=O)O)NC(=O)[C@H](CO)NC(=O)[C@H]([C@@H](C)O)NC(=O)[C@H](Cc2ccccc2)NC(=O)[C@H]([C@@H](C)O)NC(=O)[C@H](CCCCN)NC(=O)[C@@H](Cc2c[nH]c3ccccc23)NC(=O)[C@H](Cc2ccccc2)NC(=O)[C@H](Cc2ccccc2)NC(=O)[C@H](CC(N)=O)NC(=O)[C@H](CCCNC(=N)N)NC1=O. The molecule has 4 aromatic carbocycles. The van der Waals surface area contributed by atoms with Crippen LogP contribution in [-0.4, -0.2) is 386 Å². The highest BCUT2D eigenvalue weighted by molar-refractivity contribution is 8.76. The molecule has 2 saturated heterocycles. The van der Waals surface area contributed by atoms with E-state index in [4.69, 9.17) is 22.6 Å². The van der Waals surface area contributed by atoms with Gasteiger partial charge in [-0.15, -0.1) is 0 Å². The number of carboxylic acids is 4. The third kappa shape index (κ3) is 41.1. The first-order chi connectivity index (χ1) is 68.6. The molecule has 5 aromatic rings. The minimum absolute atomic E-state index is 0.0188. The summed E-state index contributed by atoms with van der Waals surface area (Å²) in [5, 5.41) is 118. The number of H-pyrrole nitrogens is 1. The number of benzene rings is 4. The number of nitrogens with one attached hydrogen (secondary N) is 17. The maximum Gasteiger partial charge on any atom is 0.327 e. The number of carboxylic acid groups (broad SMARTS) is 4. The molecule has 786 valence electrons. The van der Waals surface area contributed by atoms with Crippen LogP contribution in [-0.2, 0) is 117 Å². The minimum atomic E-state index is -2.06. The Morgan fingerprint density at radius 1 is 0.438 bits per heavy atom. The summed E-state index contributed by atoms with van der Waals surface area (Å²) in [6.07, 6.45) is -4.83. The summed E-state index contributed by atoms with van der Waals surface area (Å²) < 4.78 is 0. The summed E-state index contributed by atoms with van der Waals surface area (Å²) in [5.74, 6) is -24.3. The van der Waals surface area contributed by atoms with Crippen LogP contribution < -0.4 is 97.0 Å². The zero-order chi connectivity index (χ0) is 106. The number of fused-ring (bicyclic) bond motifs is 1. The standard InChI is InChI=1S/C92H130N24O26S2/c1-52(100-73(122)45-113-30-32-114(46-74(123)124)34-36-116(48-76(127)128)37-35-115(33-31-113)47-75(125)126)79(129)99-44-72(121)101-69-50-143-144-51-70(91(141)142)110-87(137)68(49-117)109-90(140)78(54(3)119)112-86(136)65(40-57-22-11-6-12-23-57)108-89(139)77(53(2)118)111-81(131)61(26-15-16-28-93)102-84(134)66(41-58-43-98-60-25-14-13-24-59(58)60)106-83(133)64(39-56-20-9-5-10-21-56)104-82(132)63(38-55-18-7-4-8-19-55)105-85(135)67(42-71(94)120)107-80(130)62(103-88(69)138)27-17-29-97-92(95)96/h4-14,18-25,43,52-54,61-70,77-78,98,117-119H,15-17,26-42,44-51,93H2,1-3H3,(H2,94,120)(H,99,129)(H,100,122)(H,101,121)(H,102,134)(H,103,138)(H,104,132)(H,105,135)(H,106,133)(H,107,130)(H,108,139)(H,109,140)(H,110,137)(H,111,131)(H,112,136)(H,123,124)(H,125,126)(H,127,128)(H,141,142)(H4,95,96,97)/t52-,53+,54+,61-,62-,63-,64-,65-,66+,67-,68-,69-,70+,77-,78-/m0/s1. The number of aliphatic carboxylic acids is 4. The first kappa shape index (κ1) is 117. The maximum atomic E-state index is 15.5. The van der Waals surface area contributed by atoms with Crippen molar-refractivity contribution >= 4 is 151 Å². The number of guanidine groups is 1. The normalized spacial score (nSPS) is 22.9. The van der Waals surface area contributed by atoms with Gasteiger partial charge in [-0.2, -0.15) is 0 Å². The van der Waals surface area contributed by atoms with E-state index in [1.54, 1.807) is 126 Å². The van der Waals surface area contributed by atoms with E-state index in [0.29, 0.717) is 54.7 Å². The Bertz CT molecular complexity index is 5180. The number of aliphatic hydroxyl groups excluding tert-OH is 3. The second-order valence-electron chi connectivity index (χ2n) is 34.6. The second-order valence-corrected chi connectivity index (χ2v) is 37.1. The average Bonchev–Trinajstić information content (AvgIpc) is 1.57. The van der Waals surface area contributed by atoms with E-state index in [9.17, 15) is 98.1 Å². The van der Waals surface area contributed by atoms with Gasteiger partial charge in [0, 0.05) is 113 Å². The number of nitrogens with zero attached hydrogens (tertiary/aromatic N) is 4. The molecular weight excluding hydrogens is 1920 g/mol. The van der Waals surface area contributed by atoms with Gasteiger partial charge in [0.05, 0.1) is 58.0 Å². The van der Waals surface area contributed by atoms with Crippen molar-refractivity contribution in [3.05, 3.63) is 144 Å². The van der Waals surface area contributed by atoms with Gasteiger partial charge in [-0.1, -0.05) is 131 Å². The van der Waals surface area contributed by atoms with Crippen LogP contribution in [0.5, 0.6) is 0 Å². The molecule has 0 spiro atoms. The molecule has 2 fully saturated rings. The van der Waals surface area contributed by atoms with Gasteiger partial charge in [-0.25, -0.2) is 4.79 Å². The minimum Gasteiger partial charge on any atom is -0.480 e. The molecule has 1 aromatic heterocycles. The lowest BCUT2D eigenvalue weighted by Gasteiger charge is -2.33. The van der Waals surface area contributed by atoms with Gasteiger partial charge in [-0.05, 0) is 87.7 Å². The summed E-state index contributed by atoms with van der Waals surface area (Å²) in [4.78, 5) is 278. The molecule has 0 saturated carbocycles. The highest BCUT2D eigenvalue weighted by atomic mass is 33.1. The molecule has 30 N–H and O–H groups in total. The number of nitrogens with two attached hydrogens (primary N) is 3. The number of para-hydroxylation sites is 1. The van der Waals surface area contributed by atoms with Crippen molar-refractivity contribution < 1.29 is 127 Å². The van der Waals surface area contributed by atoms with E-state index in [0.717, 1.165) is 13.8 Å². The van der Waals surface area contributed by atoms with Crippen molar-refractivity contribution in [2.45, 2.75) is 176 Å².